The van der Waals surface area contributed by atoms with E-state index in [0.717, 1.165) is 5.56 Å². The molecule has 0 aliphatic rings. The van der Waals surface area contributed by atoms with E-state index in [4.69, 9.17) is 23.2 Å². The van der Waals surface area contributed by atoms with Crippen LogP contribution in [0.1, 0.15) is 10.5 Å². The van der Waals surface area contributed by atoms with Crippen molar-refractivity contribution in [1.29, 1.82) is 0 Å². The highest BCUT2D eigenvalue weighted by Crippen LogP contribution is 2.26. The summed E-state index contributed by atoms with van der Waals surface area (Å²) < 4.78 is 0. The number of amides is 1. The van der Waals surface area contributed by atoms with Gasteiger partial charge < -0.3 is 0 Å². The molecule has 0 fully saturated rings. The molecule has 1 N–H and O–H groups in total. The van der Waals surface area contributed by atoms with Crippen LogP contribution in [0.2, 0.25) is 10.2 Å². The first-order valence-electron chi connectivity index (χ1n) is 6.16. The van der Waals surface area contributed by atoms with E-state index in [1.165, 1.54) is 23.5 Å². The first kappa shape index (κ1) is 14.9. The Morgan fingerprint density at radius 3 is 2.59 bits per heavy atom. The standard InChI is InChI=1S/C14H8Cl2N4OS/c15-9-6-7-10(16)17-11(9)12(21)18-14-20-19-13(22-14)8-4-2-1-3-5-8/h1-7H,(H,18,20,21). The quantitative estimate of drug-likeness (QED) is 0.720. The number of hydrogen-bond donors (Lipinski definition) is 1. The Labute approximate surface area is 139 Å². The summed E-state index contributed by atoms with van der Waals surface area (Å²) in [5, 5.41) is 12.1. The van der Waals surface area contributed by atoms with E-state index in [-0.39, 0.29) is 15.9 Å². The van der Waals surface area contributed by atoms with Crippen molar-refractivity contribution in [2.45, 2.75) is 0 Å². The van der Waals surface area contributed by atoms with Gasteiger partial charge in [0, 0.05) is 5.56 Å². The molecule has 0 bridgehead atoms. The fourth-order valence-electron chi connectivity index (χ4n) is 1.71. The largest absolute Gasteiger partial charge is 0.295 e. The van der Waals surface area contributed by atoms with Crippen molar-refractivity contribution in [3.63, 3.8) is 0 Å². The lowest BCUT2D eigenvalue weighted by atomic mass is 10.2. The highest BCUT2D eigenvalue weighted by Gasteiger charge is 2.15. The van der Waals surface area contributed by atoms with Crippen LogP contribution >= 0.6 is 34.5 Å². The molecule has 0 saturated carbocycles. The Balaban J connectivity index is 1.81. The molecule has 3 rings (SSSR count). The Kier molecular flexibility index (Phi) is 4.33. The number of nitrogens with one attached hydrogen (secondary N) is 1. The number of hydrogen-bond acceptors (Lipinski definition) is 5. The predicted molar refractivity (Wildman–Crippen MR) is 87.6 cm³/mol. The molecule has 1 amide bonds. The molecule has 0 saturated heterocycles. The molecule has 2 aromatic heterocycles. The van der Waals surface area contributed by atoms with E-state index in [1.54, 1.807) is 0 Å². The molecule has 0 radical (unpaired) electrons. The van der Waals surface area contributed by atoms with Crippen LogP contribution in [0.3, 0.4) is 0 Å². The summed E-state index contributed by atoms with van der Waals surface area (Å²) in [6, 6.07) is 12.6. The van der Waals surface area contributed by atoms with Gasteiger partial charge in [-0.3, -0.25) is 10.1 Å². The zero-order valence-corrected chi connectivity index (χ0v) is 13.3. The average Bonchev–Trinajstić information content (AvgIpc) is 2.99. The summed E-state index contributed by atoms with van der Waals surface area (Å²) >= 11 is 13.0. The van der Waals surface area contributed by atoms with Crippen molar-refractivity contribution in [3.05, 3.63) is 58.3 Å². The van der Waals surface area contributed by atoms with Crippen LogP contribution in [-0.2, 0) is 0 Å². The van der Waals surface area contributed by atoms with Crippen LogP contribution in [0.5, 0.6) is 0 Å². The SMILES string of the molecule is O=C(Nc1nnc(-c2ccccc2)s1)c1nc(Cl)ccc1Cl. The van der Waals surface area contributed by atoms with Crippen molar-refractivity contribution in [2.75, 3.05) is 5.32 Å². The number of rotatable bonds is 3. The molecule has 22 heavy (non-hydrogen) atoms. The maximum absolute atomic E-state index is 12.2. The number of aromatic nitrogens is 3. The summed E-state index contributed by atoms with van der Waals surface area (Å²) in [4.78, 5) is 16.1. The molecule has 110 valence electrons. The lowest BCUT2D eigenvalue weighted by molar-refractivity contribution is 0.102. The minimum Gasteiger partial charge on any atom is -0.295 e. The molecule has 0 aliphatic heterocycles. The number of anilines is 1. The molecule has 3 aromatic rings. The molecule has 0 aliphatic carbocycles. The van der Waals surface area contributed by atoms with E-state index in [9.17, 15) is 4.79 Å². The Hall–Kier alpha value is -2.02. The second kappa shape index (κ2) is 6.39. The summed E-state index contributed by atoms with van der Waals surface area (Å²) in [6.45, 7) is 0. The van der Waals surface area contributed by atoms with Crippen LogP contribution < -0.4 is 5.32 Å². The highest BCUT2D eigenvalue weighted by atomic mass is 35.5. The fraction of sp³-hybridized carbons (Fsp3) is 0. The summed E-state index contributed by atoms with van der Waals surface area (Å²) in [7, 11) is 0. The van der Waals surface area contributed by atoms with Gasteiger partial charge in [-0.25, -0.2) is 4.98 Å². The monoisotopic (exact) mass is 350 g/mol. The summed E-state index contributed by atoms with van der Waals surface area (Å²) in [5.41, 5.74) is 0.977. The molecule has 5 nitrogen and oxygen atoms in total. The second-order valence-corrected chi connectivity index (χ2v) is 5.97. The molecule has 0 atom stereocenters. The van der Waals surface area contributed by atoms with E-state index in [2.05, 4.69) is 20.5 Å². The third-order valence-electron chi connectivity index (χ3n) is 2.69. The highest BCUT2D eigenvalue weighted by molar-refractivity contribution is 7.18. The zero-order chi connectivity index (χ0) is 15.5. The van der Waals surface area contributed by atoms with Gasteiger partial charge in [0.1, 0.15) is 15.9 Å². The summed E-state index contributed by atoms with van der Waals surface area (Å²) in [6.07, 6.45) is 0. The molecular weight excluding hydrogens is 343 g/mol. The smallest absolute Gasteiger partial charge is 0.277 e. The van der Waals surface area contributed by atoms with Crippen molar-refractivity contribution in [2.24, 2.45) is 0 Å². The Morgan fingerprint density at radius 2 is 1.82 bits per heavy atom. The van der Waals surface area contributed by atoms with Gasteiger partial charge in [-0.15, -0.1) is 10.2 Å². The van der Waals surface area contributed by atoms with Crippen LogP contribution in [0.25, 0.3) is 10.6 Å². The number of nitrogens with zero attached hydrogens (tertiary/aromatic N) is 3. The van der Waals surface area contributed by atoms with Crippen molar-refractivity contribution in [3.8, 4) is 10.6 Å². The van der Waals surface area contributed by atoms with Crippen LogP contribution in [0.15, 0.2) is 42.5 Å². The molecule has 8 heteroatoms. The van der Waals surface area contributed by atoms with E-state index in [0.29, 0.717) is 10.1 Å². The van der Waals surface area contributed by atoms with Crippen LogP contribution in [-0.4, -0.2) is 21.1 Å². The van der Waals surface area contributed by atoms with Gasteiger partial charge in [-0.1, -0.05) is 64.9 Å². The first-order valence-corrected chi connectivity index (χ1v) is 7.73. The van der Waals surface area contributed by atoms with Gasteiger partial charge in [-0.2, -0.15) is 0 Å². The van der Waals surface area contributed by atoms with Crippen LogP contribution in [0.4, 0.5) is 5.13 Å². The van der Waals surface area contributed by atoms with Gasteiger partial charge in [0.15, 0.2) is 0 Å². The lowest BCUT2D eigenvalue weighted by Crippen LogP contribution is -2.14. The zero-order valence-electron chi connectivity index (χ0n) is 11.0. The topological polar surface area (TPSA) is 67.8 Å². The van der Waals surface area contributed by atoms with E-state index >= 15 is 0 Å². The lowest BCUT2D eigenvalue weighted by Gasteiger charge is -2.02. The van der Waals surface area contributed by atoms with Gasteiger partial charge in [0.2, 0.25) is 5.13 Å². The molecule has 2 heterocycles. The van der Waals surface area contributed by atoms with Crippen LogP contribution in [0, 0.1) is 0 Å². The van der Waals surface area contributed by atoms with Crippen molar-refractivity contribution < 1.29 is 4.79 Å². The summed E-state index contributed by atoms with van der Waals surface area (Å²) in [5.74, 6) is -0.483. The average molecular weight is 351 g/mol. The number of halogens is 2. The maximum atomic E-state index is 12.2. The third-order valence-corrected chi connectivity index (χ3v) is 4.10. The number of carbonyl (C=O) groups is 1. The molecular formula is C14H8Cl2N4OS. The number of benzene rings is 1. The van der Waals surface area contributed by atoms with Crippen molar-refractivity contribution in [1.82, 2.24) is 15.2 Å². The minimum atomic E-state index is -0.483. The van der Waals surface area contributed by atoms with Gasteiger partial charge in [0.05, 0.1) is 5.02 Å². The van der Waals surface area contributed by atoms with Gasteiger partial charge in [0.25, 0.3) is 5.91 Å². The Bertz CT molecular complexity index is 823. The predicted octanol–water partition coefficient (Wildman–Crippen LogP) is 4.16. The normalized spacial score (nSPS) is 10.5. The molecule has 0 unspecified atom stereocenters. The minimum absolute atomic E-state index is 0.0469. The molecule has 0 spiro atoms. The molecule has 1 aromatic carbocycles. The second-order valence-electron chi connectivity index (χ2n) is 4.20. The Morgan fingerprint density at radius 1 is 1.05 bits per heavy atom. The fourth-order valence-corrected chi connectivity index (χ4v) is 2.79. The van der Waals surface area contributed by atoms with Crippen molar-refractivity contribution >= 4 is 45.6 Å². The van der Waals surface area contributed by atoms with E-state index < -0.39 is 5.91 Å². The van der Waals surface area contributed by atoms with Gasteiger partial charge in [-0.05, 0) is 12.1 Å². The van der Waals surface area contributed by atoms with Gasteiger partial charge >= 0.3 is 0 Å². The van der Waals surface area contributed by atoms with E-state index in [1.807, 2.05) is 30.3 Å². The number of pyridine rings is 1. The third kappa shape index (κ3) is 3.24. The number of carbonyl (C=O) groups excluding carboxylic acids is 1. The first-order chi connectivity index (χ1) is 10.6. The maximum Gasteiger partial charge on any atom is 0.277 e.